The Kier molecular flexibility index (Phi) is 5.77. The van der Waals surface area contributed by atoms with E-state index in [0.717, 1.165) is 36.5 Å². The SMILES string of the molecule is CN1CCc2nc(C(=O)N[C@@H]3CCCC[C@]3(N)S(=O)(=O)c3cc4cc(Cl)ccc4[nH]3)sc2C1. The molecule has 1 saturated carbocycles. The van der Waals surface area contributed by atoms with Crippen molar-refractivity contribution in [1.82, 2.24) is 20.2 Å². The van der Waals surface area contributed by atoms with E-state index >= 15 is 0 Å². The van der Waals surface area contributed by atoms with Gasteiger partial charge < -0.3 is 20.9 Å². The molecular weight excluding hydrogens is 482 g/mol. The molecule has 11 heteroatoms. The van der Waals surface area contributed by atoms with Crippen molar-refractivity contribution in [2.75, 3.05) is 13.6 Å². The van der Waals surface area contributed by atoms with Crippen LogP contribution in [0.15, 0.2) is 29.3 Å². The van der Waals surface area contributed by atoms with Gasteiger partial charge in [-0.2, -0.15) is 0 Å². The summed E-state index contributed by atoms with van der Waals surface area (Å²) in [6.45, 7) is 1.67. The quantitative estimate of drug-likeness (QED) is 0.499. The third kappa shape index (κ3) is 3.97. The normalized spacial score (nSPS) is 24.0. The predicted octanol–water partition coefficient (Wildman–Crippen LogP) is 3.07. The van der Waals surface area contributed by atoms with Crippen molar-refractivity contribution < 1.29 is 13.2 Å². The molecule has 8 nitrogen and oxygen atoms in total. The van der Waals surface area contributed by atoms with Crippen LogP contribution in [0.25, 0.3) is 10.9 Å². The first kappa shape index (κ1) is 22.8. The van der Waals surface area contributed by atoms with Gasteiger partial charge in [0.15, 0.2) is 5.01 Å². The number of aromatic amines is 1. The number of halogens is 1. The number of H-pyrrole nitrogens is 1. The molecule has 2 aromatic heterocycles. The Morgan fingerprint density at radius 3 is 3.00 bits per heavy atom. The fourth-order valence-corrected chi connectivity index (χ4v) is 7.92. The number of carbonyl (C=O) groups is 1. The van der Waals surface area contributed by atoms with Gasteiger partial charge in [-0.05, 0) is 44.2 Å². The van der Waals surface area contributed by atoms with Gasteiger partial charge >= 0.3 is 0 Å². The van der Waals surface area contributed by atoms with Gasteiger partial charge in [0, 0.05) is 40.3 Å². The molecule has 0 radical (unpaired) electrons. The molecular formula is C22H26ClN5O3S2. The number of thiazole rings is 1. The monoisotopic (exact) mass is 507 g/mol. The number of aromatic nitrogens is 2. The Bertz CT molecular complexity index is 1330. The number of rotatable bonds is 4. The number of hydrogen-bond donors (Lipinski definition) is 3. The maximum atomic E-state index is 13.7. The first-order valence-corrected chi connectivity index (χ1v) is 13.6. The van der Waals surface area contributed by atoms with Crippen LogP contribution >= 0.6 is 22.9 Å². The minimum Gasteiger partial charge on any atom is -0.346 e. The molecule has 1 amide bonds. The third-order valence-electron chi connectivity index (χ3n) is 6.67. The van der Waals surface area contributed by atoms with Gasteiger partial charge in [-0.1, -0.05) is 24.4 Å². The highest BCUT2D eigenvalue weighted by atomic mass is 35.5. The summed E-state index contributed by atoms with van der Waals surface area (Å²) in [6.07, 6.45) is 3.02. The van der Waals surface area contributed by atoms with Crippen molar-refractivity contribution in [1.29, 1.82) is 0 Å². The molecule has 2 aliphatic rings. The van der Waals surface area contributed by atoms with Gasteiger partial charge in [0.2, 0.25) is 9.84 Å². The molecule has 2 atom stereocenters. The summed E-state index contributed by atoms with van der Waals surface area (Å²) >= 11 is 7.43. The fourth-order valence-electron chi connectivity index (χ4n) is 4.75. The van der Waals surface area contributed by atoms with Crippen LogP contribution in [0.1, 0.15) is 46.1 Å². The number of nitrogens with two attached hydrogens (primary N) is 1. The van der Waals surface area contributed by atoms with Gasteiger partial charge in [0.25, 0.3) is 5.91 Å². The molecule has 3 heterocycles. The van der Waals surface area contributed by atoms with Crippen molar-refractivity contribution in [3.8, 4) is 0 Å². The van der Waals surface area contributed by atoms with E-state index in [2.05, 4.69) is 20.2 Å². The predicted molar refractivity (Wildman–Crippen MR) is 129 cm³/mol. The maximum absolute atomic E-state index is 13.7. The van der Waals surface area contributed by atoms with Gasteiger partial charge in [0.05, 0.1) is 11.7 Å². The number of hydrogen-bond acceptors (Lipinski definition) is 7. The molecule has 176 valence electrons. The van der Waals surface area contributed by atoms with Crippen LogP contribution < -0.4 is 11.1 Å². The summed E-state index contributed by atoms with van der Waals surface area (Å²) in [4.78, 5) is 22.2. The first-order chi connectivity index (χ1) is 15.7. The lowest BCUT2D eigenvalue weighted by molar-refractivity contribution is 0.0913. The molecule has 1 aliphatic heterocycles. The van der Waals surface area contributed by atoms with Crippen LogP contribution in [0.4, 0.5) is 0 Å². The number of nitrogens with one attached hydrogen (secondary N) is 2. The Morgan fingerprint density at radius 1 is 1.36 bits per heavy atom. The number of likely N-dealkylation sites (N-methyl/N-ethyl adjacent to an activating group) is 1. The maximum Gasteiger partial charge on any atom is 0.280 e. The zero-order valence-electron chi connectivity index (χ0n) is 18.2. The van der Waals surface area contributed by atoms with Crippen LogP contribution in [0.5, 0.6) is 0 Å². The van der Waals surface area contributed by atoms with Crippen LogP contribution in [-0.2, 0) is 22.8 Å². The second-order valence-electron chi connectivity index (χ2n) is 8.97. The van der Waals surface area contributed by atoms with Gasteiger partial charge in [0.1, 0.15) is 9.90 Å². The van der Waals surface area contributed by atoms with Gasteiger partial charge in [-0.25, -0.2) is 13.4 Å². The molecule has 33 heavy (non-hydrogen) atoms. The molecule has 1 aromatic carbocycles. The van der Waals surface area contributed by atoms with Crippen LogP contribution in [0.2, 0.25) is 5.02 Å². The zero-order valence-corrected chi connectivity index (χ0v) is 20.6. The second-order valence-corrected chi connectivity index (χ2v) is 12.7. The van der Waals surface area contributed by atoms with E-state index in [0.29, 0.717) is 33.8 Å². The number of carbonyl (C=O) groups excluding carboxylic acids is 1. The lowest BCUT2D eigenvalue weighted by atomic mass is 9.90. The topological polar surface area (TPSA) is 121 Å². The van der Waals surface area contributed by atoms with E-state index in [1.165, 1.54) is 11.3 Å². The molecule has 3 aromatic rings. The molecule has 5 rings (SSSR count). The van der Waals surface area contributed by atoms with E-state index in [9.17, 15) is 13.2 Å². The van der Waals surface area contributed by atoms with E-state index in [1.54, 1.807) is 24.3 Å². The highest BCUT2D eigenvalue weighted by Crippen LogP contribution is 2.36. The minimum atomic E-state index is -3.98. The summed E-state index contributed by atoms with van der Waals surface area (Å²) in [5, 5.41) is 4.54. The van der Waals surface area contributed by atoms with E-state index in [1.807, 2.05) is 7.05 Å². The lowest BCUT2D eigenvalue weighted by Gasteiger charge is -2.40. The van der Waals surface area contributed by atoms with Crippen LogP contribution in [0, 0.1) is 0 Å². The fraction of sp³-hybridized carbons (Fsp3) is 0.455. The summed E-state index contributed by atoms with van der Waals surface area (Å²) in [6, 6.07) is 5.98. The number of amides is 1. The average Bonchev–Trinajstić information content (AvgIpc) is 3.39. The summed E-state index contributed by atoms with van der Waals surface area (Å²) in [5.74, 6) is -0.364. The molecule has 1 fully saturated rings. The highest BCUT2D eigenvalue weighted by Gasteiger charge is 2.50. The zero-order chi connectivity index (χ0) is 23.4. The minimum absolute atomic E-state index is 0.0381. The van der Waals surface area contributed by atoms with E-state index in [-0.39, 0.29) is 17.4 Å². The van der Waals surface area contributed by atoms with Crippen molar-refractivity contribution in [3.63, 3.8) is 0 Å². The summed E-state index contributed by atoms with van der Waals surface area (Å²) < 4.78 is 27.5. The number of sulfone groups is 1. The molecule has 1 aliphatic carbocycles. The third-order valence-corrected chi connectivity index (χ3v) is 10.3. The van der Waals surface area contributed by atoms with Crippen molar-refractivity contribution in [3.05, 3.63) is 44.9 Å². The second kappa shape index (κ2) is 8.35. The average molecular weight is 508 g/mol. The number of fused-ring (bicyclic) bond motifs is 2. The molecule has 4 N–H and O–H groups in total. The Morgan fingerprint density at radius 2 is 2.18 bits per heavy atom. The van der Waals surface area contributed by atoms with Crippen LogP contribution in [-0.4, -0.2) is 53.7 Å². The van der Waals surface area contributed by atoms with E-state index in [4.69, 9.17) is 17.3 Å². The number of benzene rings is 1. The Labute approximate surface area is 201 Å². The lowest BCUT2D eigenvalue weighted by Crippen LogP contribution is -2.64. The largest absolute Gasteiger partial charge is 0.346 e. The Balaban J connectivity index is 1.44. The summed E-state index contributed by atoms with van der Waals surface area (Å²) in [5.41, 5.74) is 8.25. The first-order valence-electron chi connectivity index (χ1n) is 11.0. The van der Waals surface area contributed by atoms with Gasteiger partial charge in [-0.15, -0.1) is 11.3 Å². The summed E-state index contributed by atoms with van der Waals surface area (Å²) in [7, 11) is -1.94. The smallest absolute Gasteiger partial charge is 0.280 e. The van der Waals surface area contributed by atoms with Crippen LogP contribution in [0.3, 0.4) is 0 Å². The Hall–Kier alpha value is -1.98. The van der Waals surface area contributed by atoms with E-state index < -0.39 is 20.8 Å². The molecule has 0 spiro atoms. The van der Waals surface area contributed by atoms with Gasteiger partial charge in [-0.3, -0.25) is 4.79 Å². The molecule has 0 saturated heterocycles. The van der Waals surface area contributed by atoms with Crippen molar-refractivity contribution in [2.45, 2.75) is 54.6 Å². The highest BCUT2D eigenvalue weighted by molar-refractivity contribution is 7.92. The standard InChI is InChI=1S/C22H26ClN5O3S2/c1-28-9-7-16-17(12-28)32-21(26-16)20(29)27-18-4-2-3-8-22(18,24)33(30,31)19-11-13-10-14(23)5-6-15(13)25-19/h5-6,10-11,18,25H,2-4,7-9,12,24H2,1H3,(H,27,29)/t18-,22+/m1/s1. The van der Waals surface area contributed by atoms with Crippen molar-refractivity contribution in [2.24, 2.45) is 5.73 Å². The van der Waals surface area contributed by atoms with Crippen molar-refractivity contribution >= 4 is 49.6 Å². The molecule has 0 bridgehead atoms. The molecule has 0 unspecified atom stereocenters. The number of nitrogens with zero attached hydrogens (tertiary/aromatic N) is 2.